The lowest BCUT2D eigenvalue weighted by atomic mass is 10.2. The lowest BCUT2D eigenvalue weighted by Gasteiger charge is -2.37. The highest BCUT2D eigenvalue weighted by atomic mass is 35.5. The summed E-state index contributed by atoms with van der Waals surface area (Å²) in [5.41, 5.74) is 12.3. The molecule has 9 nitrogen and oxygen atoms in total. The maximum Gasteiger partial charge on any atom is 0.276 e. The molecule has 2 heterocycles. The summed E-state index contributed by atoms with van der Waals surface area (Å²) in [6.45, 7) is 2.11. The predicted molar refractivity (Wildman–Crippen MR) is 131 cm³/mol. The molecule has 1 aromatic heterocycles. The molecule has 178 valence electrons. The van der Waals surface area contributed by atoms with E-state index in [0.717, 1.165) is 0 Å². The van der Waals surface area contributed by atoms with Crippen LogP contribution in [0.4, 0.5) is 27.4 Å². The van der Waals surface area contributed by atoms with Gasteiger partial charge in [-0.15, -0.1) is 0 Å². The number of halogens is 3. The number of carbonyl (C=O) groups excluding carboxylic acids is 1. The van der Waals surface area contributed by atoms with Gasteiger partial charge in [0.2, 0.25) is 0 Å². The van der Waals surface area contributed by atoms with Crippen LogP contribution in [-0.4, -0.2) is 48.7 Å². The molecule has 4 rings (SSSR count). The van der Waals surface area contributed by atoms with Crippen molar-refractivity contribution in [2.24, 2.45) is 0 Å². The molecule has 0 unspecified atom stereocenters. The molecule has 0 spiro atoms. The van der Waals surface area contributed by atoms with Crippen LogP contribution in [-0.2, 0) is 4.79 Å². The van der Waals surface area contributed by atoms with Gasteiger partial charge in [0.25, 0.3) is 5.91 Å². The van der Waals surface area contributed by atoms with E-state index < -0.39 is 5.91 Å². The molecular weight excluding hydrogens is 484 g/mol. The number of hydrazine groups is 1. The number of aromatic nitrogens is 2. The second-order valence-electron chi connectivity index (χ2n) is 7.42. The molecule has 34 heavy (non-hydrogen) atoms. The molecule has 12 heteroatoms. The fraction of sp³-hybridized carbons (Fsp3) is 0.227. The molecule has 3 aromatic rings. The van der Waals surface area contributed by atoms with Crippen LogP contribution >= 0.6 is 23.2 Å². The number of hydrogen-bond donors (Lipinski definition) is 3. The number of ether oxygens (including phenoxy) is 1. The first-order chi connectivity index (χ1) is 16.4. The van der Waals surface area contributed by atoms with Gasteiger partial charge >= 0.3 is 0 Å². The Kier molecular flexibility index (Phi) is 7.39. The van der Waals surface area contributed by atoms with E-state index in [1.54, 1.807) is 24.3 Å². The van der Waals surface area contributed by atoms with Crippen LogP contribution in [0, 0.1) is 5.82 Å². The topological polar surface area (TPSA) is 109 Å². The van der Waals surface area contributed by atoms with E-state index in [0.29, 0.717) is 53.5 Å². The second-order valence-corrected chi connectivity index (χ2v) is 8.27. The fourth-order valence-electron chi connectivity index (χ4n) is 3.51. The summed E-state index contributed by atoms with van der Waals surface area (Å²) in [6, 6.07) is 11.4. The molecular formula is C22H22Cl2FN7O2. The first-order valence-corrected chi connectivity index (χ1v) is 11.2. The average Bonchev–Trinajstić information content (AvgIpc) is 2.83. The standard InChI is InChI=1S/C22H22Cl2FN7O2/c23-14-5-6-18(15(24)11-14)34-12-19(33)29-30-21-20(26)22(28-13-27-21)32-9-7-31(8-10-32)17-4-2-1-3-16(17)25/h1-6,11,13H,7-10,12,26H2,(H,29,33)(H,27,28,30). The number of nitrogens with one attached hydrogen (secondary N) is 2. The van der Waals surface area contributed by atoms with Gasteiger partial charge in [0, 0.05) is 31.2 Å². The second kappa shape index (κ2) is 10.6. The number of nitrogens with two attached hydrogens (primary N) is 1. The van der Waals surface area contributed by atoms with Gasteiger partial charge in [-0.2, -0.15) is 0 Å². The highest BCUT2D eigenvalue weighted by Crippen LogP contribution is 2.29. The summed E-state index contributed by atoms with van der Waals surface area (Å²) in [5.74, 6) is 0.397. The Morgan fingerprint density at radius 2 is 1.82 bits per heavy atom. The van der Waals surface area contributed by atoms with Gasteiger partial charge in [0.15, 0.2) is 18.2 Å². The van der Waals surface area contributed by atoms with Crippen LogP contribution < -0.4 is 31.1 Å². The third-order valence-corrected chi connectivity index (χ3v) is 5.74. The number of hydrogen-bond acceptors (Lipinski definition) is 8. The first-order valence-electron chi connectivity index (χ1n) is 10.4. The molecule has 0 aliphatic carbocycles. The average molecular weight is 506 g/mol. The summed E-state index contributed by atoms with van der Waals surface area (Å²) >= 11 is 11.9. The van der Waals surface area contributed by atoms with E-state index in [9.17, 15) is 9.18 Å². The van der Waals surface area contributed by atoms with E-state index in [-0.39, 0.29) is 23.9 Å². The summed E-state index contributed by atoms with van der Waals surface area (Å²) in [7, 11) is 0. The third-order valence-electron chi connectivity index (χ3n) is 5.21. The smallest absolute Gasteiger partial charge is 0.276 e. The van der Waals surface area contributed by atoms with Crippen LogP contribution in [0.5, 0.6) is 5.75 Å². The van der Waals surface area contributed by atoms with E-state index in [1.807, 2.05) is 15.9 Å². The van der Waals surface area contributed by atoms with E-state index in [2.05, 4.69) is 20.8 Å². The van der Waals surface area contributed by atoms with Crippen LogP contribution in [0.2, 0.25) is 10.0 Å². The zero-order valence-electron chi connectivity index (χ0n) is 18.0. The molecule has 2 aromatic carbocycles. The molecule has 4 N–H and O–H groups in total. The minimum atomic E-state index is -0.468. The van der Waals surface area contributed by atoms with Crippen molar-refractivity contribution in [3.63, 3.8) is 0 Å². The highest BCUT2D eigenvalue weighted by molar-refractivity contribution is 6.35. The maximum absolute atomic E-state index is 14.1. The number of amides is 1. The number of piperazine rings is 1. The van der Waals surface area contributed by atoms with E-state index in [4.69, 9.17) is 33.7 Å². The molecule has 1 amide bonds. The number of para-hydroxylation sites is 1. The Morgan fingerprint density at radius 1 is 1.09 bits per heavy atom. The predicted octanol–water partition coefficient (Wildman–Crippen LogP) is 3.35. The van der Waals surface area contributed by atoms with Crippen LogP contribution in [0.25, 0.3) is 0 Å². The number of benzene rings is 2. The summed E-state index contributed by atoms with van der Waals surface area (Å²) in [6.07, 6.45) is 1.35. The normalized spacial score (nSPS) is 13.5. The molecule has 0 atom stereocenters. The van der Waals surface area contributed by atoms with Crippen molar-refractivity contribution in [1.29, 1.82) is 0 Å². The number of carbonyl (C=O) groups is 1. The number of nitrogens with zero attached hydrogens (tertiary/aromatic N) is 4. The monoisotopic (exact) mass is 505 g/mol. The molecule has 0 radical (unpaired) electrons. The lowest BCUT2D eigenvalue weighted by Crippen LogP contribution is -2.47. The Labute approximate surface area is 205 Å². The fourth-order valence-corrected chi connectivity index (χ4v) is 3.97. The van der Waals surface area contributed by atoms with Crippen LogP contribution in [0.15, 0.2) is 48.8 Å². The van der Waals surface area contributed by atoms with E-state index in [1.165, 1.54) is 18.5 Å². The molecule has 0 bridgehead atoms. The zero-order chi connectivity index (χ0) is 24.1. The van der Waals surface area contributed by atoms with Gasteiger partial charge < -0.3 is 20.3 Å². The van der Waals surface area contributed by atoms with Crippen molar-refractivity contribution < 1.29 is 13.9 Å². The van der Waals surface area contributed by atoms with Gasteiger partial charge in [0.05, 0.1) is 10.7 Å². The van der Waals surface area contributed by atoms with Gasteiger partial charge in [-0.25, -0.2) is 14.4 Å². The molecule has 1 aliphatic heterocycles. The maximum atomic E-state index is 14.1. The van der Waals surface area contributed by atoms with Crippen LogP contribution in [0.3, 0.4) is 0 Å². The summed E-state index contributed by atoms with van der Waals surface area (Å²) in [5, 5.41) is 0.764. The molecule has 1 saturated heterocycles. The van der Waals surface area contributed by atoms with Crippen molar-refractivity contribution in [3.8, 4) is 5.75 Å². The third kappa shape index (κ3) is 5.52. The molecule has 1 fully saturated rings. The Balaban J connectivity index is 1.32. The molecule has 1 aliphatic rings. The summed E-state index contributed by atoms with van der Waals surface area (Å²) < 4.78 is 19.5. The Hall–Kier alpha value is -3.50. The Morgan fingerprint density at radius 3 is 2.56 bits per heavy atom. The van der Waals surface area contributed by atoms with Crippen molar-refractivity contribution in [3.05, 3.63) is 64.7 Å². The highest BCUT2D eigenvalue weighted by Gasteiger charge is 2.23. The minimum Gasteiger partial charge on any atom is -0.482 e. The van der Waals surface area contributed by atoms with Gasteiger partial charge in [0.1, 0.15) is 23.6 Å². The number of anilines is 4. The lowest BCUT2D eigenvalue weighted by molar-refractivity contribution is -0.122. The number of rotatable bonds is 7. The van der Waals surface area contributed by atoms with E-state index >= 15 is 0 Å². The van der Waals surface area contributed by atoms with Gasteiger partial charge in [-0.3, -0.25) is 15.6 Å². The quantitative estimate of drug-likeness (QED) is 0.419. The minimum absolute atomic E-state index is 0.248. The van der Waals surface area contributed by atoms with Crippen molar-refractivity contribution >= 4 is 52.1 Å². The van der Waals surface area contributed by atoms with Gasteiger partial charge in [-0.1, -0.05) is 35.3 Å². The van der Waals surface area contributed by atoms with Crippen molar-refractivity contribution in [2.75, 3.05) is 53.7 Å². The first kappa shape index (κ1) is 23.7. The van der Waals surface area contributed by atoms with Crippen molar-refractivity contribution in [2.45, 2.75) is 0 Å². The van der Waals surface area contributed by atoms with Crippen molar-refractivity contribution in [1.82, 2.24) is 15.4 Å². The van der Waals surface area contributed by atoms with Gasteiger partial charge in [-0.05, 0) is 30.3 Å². The zero-order valence-corrected chi connectivity index (χ0v) is 19.5. The largest absolute Gasteiger partial charge is 0.482 e. The molecule has 0 saturated carbocycles. The summed E-state index contributed by atoms with van der Waals surface area (Å²) in [4.78, 5) is 24.5. The SMILES string of the molecule is Nc1c(NNC(=O)COc2ccc(Cl)cc2Cl)ncnc1N1CCN(c2ccccc2F)CC1. The number of nitrogen functional groups attached to an aromatic ring is 1. The Bertz CT molecular complexity index is 1180. The van der Waals surface area contributed by atoms with Crippen LogP contribution in [0.1, 0.15) is 0 Å².